The molecule has 0 aliphatic rings. The molecule has 1 aromatic rings. The van der Waals surface area contributed by atoms with Gasteiger partial charge >= 0.3 is 0 Å². The molecule has 0 fully saturated rings. The summed E-state index contributed by atoms with van der Waals surface area (Å²) in [6, 6.07) is 6.00. The topological polar surface area (TPSA) is 66.5 Å². The van der Waals surface area contributed by atoms with E-state index in [0.717, 1.165) is 12.8 Å². The number of nitrogens with one attached hydrogen (secondary N) is 1. The zero-order valence-corrected chi connectivity index (χ0v) is 16.6. The average molecular weight is 377 g/mol. The van der Waals surface area contributed by atoms with Crippen LogP contribution in [0, 0.1) is 0 Å². The summed E-state index contributed by atoms with van der Waals surface area (Å²) >= 11 is 0. The molecule has 0 unspecified atom stereocenters. The van der Waals surface area contributed by atoms with E-state index in [2.05, 4.69) is 11.3 Å². The molecule has 26 heavy (non-hydrogen) atoms. The van der Waals surface area contributed by atoms with E-state index in [4.69, 9.17) is 0 Å². The summed E-state index contributed by atoms with van der Waals surface area (Å²) in [4.78, 5) is 14.4. The van der Waals surface area contributed by atoms with E-state index in [1.807, 2.05) is 20.8 Å². The van der Waals surface area contributed by atoms with Gasteiger partial charge in [0.05, 0.1) is 4.90 Å². The monoisotopic (exact) mass is 376 g/mol. The molecule has 1 aromatic carbocycles. The van der Waals surface area contributed by atoms with E-state index in [-0.39, 0.29) is 10.8 Å². The van der Waals surface area contributed by atoms with E-state index in [0.29, 0.717) is 24.4 Å². The average Bonchev–Trinajstić information content (AvgIpc) is 2.64. The molecule has 0 saturated carbocycles. The van der Waals surface area contributed by atoms with Crippen LogP contribution >= 0.6 is 0 Å². The maximum absolute atomic E-state index is 12.6. The third-order valence-corrected chi connectivity index (χ3v) is 5.02. The van der Waals surface area contributed by atoms with Gasteiger partial charge in [0.2, 0.25) is 0 Å². The Balaban J connectivity index is 3.01. The molecular formula is C20H28N2O3S. The zero-order chi connectivity index (χ0) is 19.6. The maximum atomic E-state index is 12.6. The predicted octanol–water partition coefficient (Wildman–Crippen LogP) is 3.87. The fourth-order valence-electron chi connectivity index (χ4n) is 2.37. The SMILES string of the molecule is C=C/C(=C\C=C\C)NS(=O)(=O)c1ccc(C(=O)N(CCC)CCC)cc1. The molecule has 0 radical (unpaired) electrons. The lowest BCUT2D eigenvalue weighted by molar-refractivity contribution is 0.0755. The molecule has 0 aromatic heterocycles. The molecule has 5 nitrogen and oxygen atoms in total. The van der Waals surface area contributed by atoms with Gasteiger partial charge in [-0.1, -0.05) is 32.6 Å². The summed E-state index contributed by atoms with van der Waals surface area (Å²) in [6.07, 6.45) is 8.32. The second-order valence-electron chi connectivity index (χ2n) is 5.77. The Bertz CT molecular complexity index is 757. The molecular weight excluding hydrogens is 348 g/mol. The van der Waals surface area contributed by atoms with Crippen LogP contribution in [0.3, 0.4) is 0 Å². The largest absolute Gasteiger partial charge is 0.339 e. The molecule has 0 heterocycles. The van der Waals surface area contributed by atoms with Crippen LogP contribution in [0.1, 0.15) is 44.0 Å². The van der Waals surface area contributed by atoms with Gasteiger partial charge in [-0.3, -0.25) is 9.52 Å². The van der Waals surface area contributed by atoms with Gasteiger partial charge in [0.1, 0.15) is 0 Å². The molecule has 1 amide bonds. The number of hydrogen-bond donors (Lipinski definition) is 1. The van der Waals surface area contributed by atoms with Gasteiger partial charge in [-0.15, -0.1) is 0 Å². The highest BCUT2D eigenvalue weighted by Gasteiger charge is 2.17. The lowest BCUT2D eigenvalue weighted by Gasteiger charge is -2.21. The van der Waals surface area contributed by atoms with E-state index in [9.17, 15) is 13.2 Å². The number of sulfonamides is 1. The van der Waals surface area contributed by atoms with Crippen LogP contribution in [0.15, 0.2) is 65.7 Å². The van der Waals surface area contributed by atoms with Gasteiger partial charge in [0.25, 0.3) is 15.9 Å². The minimum atomic E-state index is -3.73. The van der Waals surface area contributed by atoms with Gasteiger partial charge in [-0.25, -0.2) is 8.42 Å². The van der Waals surface area contributed by atoms with Crippen LogP contribution in [-0.4, -0.2) is 32.3 Å². The van der Waals surface area contributed by atoms with Crippen molar-refractivity contribution in [2.75, 3.05) is 13.1 Å². The quantitative estimate of drug-likeness (QED) is 0.630. The van der Waals surface area contributed by atoms with E-state index in [1.165, 1.54) is 18.2 Å². The second-order valence-corrected chi connectivity index (χ2v) is 7.46. The number of amides is 1. The third kappa shape index (κ3) is 6.19. The Hall–Kier alpha value is -2.34. The van der Waals surface area contributed by atoms with Crippen molar-refractivity contribution in [1.82, 2.24) is 9.62 Å². The van der Waals surface area contributed by atoms with Gasteiger partial charge in [-0.2, -0.15) is 0 Å². The minimum absolute atomic E-state index is 0.0784. The fraction of sp³-hybridized carbons (Fsp3) is 0.350. The molecule has 0 bridgehead atoms. The number of allylic oxidation sites excluding steroid dienone is 4. The summed E-state index contributed by atoms with van der Waals surface area (Å²) in [7, 11) is -3.73. The summed E-state index contributed by atoms with van der Waals surface area (Å²) < 4.78 is 27.4. The van der Waals surface area contributed by atoms with Gasteiger partial charge < -0.3 is 4.90 Å². The van der Waals surface area contributed by atoms with E-state index < -0.39 is 10.0 Å². The van der Waals surface area contributed by atoms with Crippen molar-refractivity contribution in [3.63, 3.8) is 0 Å². The molecule has 0 aliphatic heterocycles. The molecule has 0 atom stereocenters. The zero-order valence-electron chi connectivity index (χ0n) is 15.7. The first-order valence-corrected chi connectivity index (χ1v) is 10.3. The third-order valence-electron chi connectivity index (χ3n) is 3.63. The van der Waals surface area contributed by atoms with E-state index >= 15 is 0 Å². The number of carbonyl (C=O) groups excluding carboxylic acids is 1. The van der Waals surface area contributed by atoms with Crippen LogP contribution in [0.4, 0.5) is 0 Å². The van der Waals surface area contributed by atoms with Gasteiger partial charge in [0, 0.05) is 24.4 Å². The number of hydrogen-bond acceptors (Lipinski definition) is 3. The van der Waals surface area contributed by atoms with Crippen LogP contribution < -0.4 is 4.72 Å². The first kappa shape index (κ1) is 21.7. The first-order valence-electron chi connectivity index (χ1n) is 8.77. The highest BCUT2D eigenvalue weighted by atomic mass is 32.2. The Labute approximate surface area is 157 Å². The van der Waals surface area contributed by atoms with Crippen LogP contribution in [-0.2, 0) is 10.0 Å². The number of benzene rings is 1. The molecule has 0 aliphatic carbocycles. The number of carbonyl (C=O) groups is 1. The first-order chi connectivity index (χ1) is 12.4. The number of rotatable bonds is 10. The summed E-state index contributed by atoms with van der Waals surface area (Å²) in [6.45, 7) is 10.9. The number of nitrogens with zero attached hydrogens (tertiary/aromatic N) is 1. The molecule has 1 rings (SSSR count). The van der Waals surface area contributed by atoms with E-state index in [1.54, 1.807) is 35.3 Å². The lowest BCUT2D eigenvalue weighted by atomic mass is 10.2. The molecule has 142 valence electrons. The Morgan fingerprint density at radius 2 is 1.73 bits per heavy atom. The van der Waals surface area contributed by atoms with Crippen molar-refractivity contribution in [2.24, 2.45) is 0 Å². The van der Waals surface area contributed by atoms with Crippen LogP contribution in [0.5, 0.6) is 0 Å². The minimum Gasteiger partial charge on any atom is -0.339 e. The highest BCUT2D eigenvalue weighted by Crippen LogP contribution is 2.14. The molecule has 6 heteroatoms. The van der Waals surface area contributed by atoms with Crippen molar-refractivity contribution < 1.29 is 13.2 Å². The maximum Gasteiger partial charge on any atom is 0.261 e. The smallest absolute Gasteiger partial charge is 0.261 e. The van der Waals surface area contributed by atoms with Gasteiger partial charge in [-0.05, 0) is 56.2 Å². The van der Waals surface area contributed by atoms with Crippen LogP contribution in [0.2, 0.25) is 0 Å². The second kappa shape index (κ2) is 10.6. The summed E-state index contributed by atoms with van der Waals surface area (Å²) in [5, 5.41) is 0. The van der Waals surface area contributed by atoms with Crippen LogP contribution in [0.25, 0.3) is 0 Å². The Morgan fingerprint density at radius 1 is 1.15 bits per heavy atom. The van der Waals surface area contributed by atoms with Crippen molar-refractivity contribution in [3.8, 4) is 0 Å². The van der Waals surface area contributed by atoms with Crippen molar-refractivity contribution >= 4 is 15.9 Å². The fourth-order valence-corrected chi connectivity index (χ4v) is 3.45. The highest BCUT2D eigenvalue weighted by molar-refractivity contribution is 7.89. The summed E-state index contributed by atoms with van der Waals surface area (Å²) in [5.41, 5.74) is 0.861. The molecule has 1 N–H and O–H groups in total. The normalized spacial score (nSPS) is 12.2. The van der Waals surface area contributed by atoms with Crippen molar-refractivity contribution in [2.45, 2.75) is 38.5 Å². The lowest BCUT2D eigenvalue weighted by Crippen LogP contribution is -2.32. The summed E-state index contributed by atoms with van der Waals surface area (Å²) in [5.74, 6) is -0.0784. The standard InChI is InChI=1S/C20H28N2O3S/c1-5-9-10-18(8-4)21-26(24,25)19-13-11-17(12-14-19)20(23)22(15-6-2)16-7-3/h5,8-14,21H,4,6-7,15-16H2,1-3H3/b9-5+,18-10+. The molecule has 0 spiro atoms. The van der Waals surface area contributed by atoms with Crippen molar-refractivity contribution in [1.29, 1.82) is 0 Å². The molecule has 0 saturated heterocycles. The van der Waals surface area contributed by atoms with Gasteiger partial charge in [0.15, 0.2) is 0 Å². The van der Waals surface area contributed by atoms with Crippen molar-refractivity contribution in [3.05, 3.63) is 66.4 Å². The Kier molecular flexibility index (Phi) is 8.85. The predicted molar refractivity (Wildman–Crippen MR) is 106 cm³/mol. The Morgan fingerprint density at radius 3 is 2.19 bits per heavy atom.